The number of nitrogens with zero attached hydrogens (tertiary/aromatic N) is 3. The molecule has 0 atom stereocenters. The van der Waals surface area contributed by atoms with E-state index in [4.69, 9.17) is 9.47 Å². The summed E-state index contributed by atoms with van der Waals surface area (Å²) in [6, 6.07) is 6.06. The lowest BCUT2D eigenvalue weighted by molar-refractivity contribution is -0.154. The summed E-state index contributed by atoms with van der Waals surface area (Å²) in [6.45, 7) is 4.19. The molecule has 0 aromatic carbocycles. The van der Waals surface area contributed by atoms with E-state index in [1.165, 1.54) is 12.3 Å². The third-order valence-electron chi connectivity index (χ3n) is 5.14. The summed E-state index contributed by atoms with van der Waals surface area (Å²) in [5.74, 6) is -0.192. The van der Waals surface area contributed by atoms with E-state index in [1.807, 2.05) is 4.90 Å². The van der Waals surface area contributed by atoms with Crippen molar-refractivity contribution in [3.63, 3.8) is 0 Å². The fourth-order valence-corrected chi connectivity index (χ4v) is 3.26. The van der Waals surface area contributed by atoms with Gasteiger partial charge < -0.3 is 19.7 Å². The topological polar surface area (TPSA) is 93.7 Å². The van der Waals surface area contributed by atoms with Crippen molar-refractivity contribution < 1.29 is 32.2 Å². The van der Waals surface area contributed by atoms with Gasteiger partial charge in [-0.3, -0.25) is 14.6 Å². The Balaban J connectivity index is 1.72. The second kappa shape index (κ2) is 11.3. The minimum Gasteiger partial charge on any atom is -0.468 e. The first-order valence-corrected chi connectivity index (χ1v) is 10.9. The Bertz CT molecular complexity index is 1010. The van der Waals surface area contributed by atoms with Gasteiger partial charge in [-0.25, -0.2) is 0 Å². The number of anilines is 1. The van der Waals surface area contributed by atoms with Gasteiger partial charge in [0, 0.05) is 61.1 Å². The Kier molecular flexibility index (Phi) is 8.43. The summed E-state index contributed by atoms with van der Waals surface area (Å²) >= 11 is 0. The first-order valence-electron chi connectivity index (χ1n) is 10.9. The molecular weight excluding hydrogens is 453 g/mol. The van der Waals surface area contributed by atoms with Crippen LogP contribution in [0.1, 0.15) is 35.5 Å². The number of hydrogen-bond donors (Lipinski definition) is 1. The van der Waals surface area contributed by atoms with E-state index in [-0.39, 0.29) is 36.5 Å². The van der Waals surface area contributed by atoms with Crippen LogP contribution < -0.4 is 15.0 Å². The second-order valence-electron chi connectivity index (χ2n) is 8.15. The van der Waals surface area contributed by atoms with E-state index in [0.29, 0.717) is 48.9 Å². The van der Waals surface area contributed by atoms with Gasteiger partial charge in [-0.2, -0.15) is 18.2 Å². The van der Waals surface area contributed by atoms with E-state index in [1.54, 1.807) is 32.0 Å². The number of carbonyl (C=O) groups excluding carboxylic acids is 2. The Labute approximate surface area is 195 Å². The standard InChI is InChI=1S/C23H27F3N4O4/c1-15(2)19(31)12-18-11-16(5-6-27-18)22(32)28-13-17-3-4-20(34-14-23(24,25)26)29-21(17)30-7-9-33-10-8-30/h3-6,11,15H,7-10,12-14H2,1-2H3,(H,28,32). The number of aromatic nitrogens is 2. The Morgan fingerprint density at radius 3 is 2.62 bits per heavy atom. The first-order chi connectivity index (χ1) is 16.1. The molecule has 1 amide bonds. The van der Waals surface area contributed by atoms with Crippen LogP contribution in [0.3, 0.4) is 0 Å². The Morgan fingerprint density at radius 2 is 1.94 bits per heavy atom. The van der Waals surface area contributed by atoms with Crippen molar-refractivity contribution in [2.75, 3.05) is 37.8 Å². The molecule has 184 valence electrons. The average Bonchev–Trinajstić information content (AvgIpc) is 2.81. The zero-order valence-electron chi connectivity index (χ0n) is 19.0. The molecule has 1 aliphatic rings. The van der Waals surface area contributed by atoms with Crippen LogP contribution >= 0.6 is 0 Å². The molecule has 0 aliphatic carbocycles. The molecule has 1 fully saturated rings. The monoisotopic (exact) mass is 480 g/mol. The van der Waals surface area contributed by atoms with Crippen molar-refractivity contribution in [3.05, 3.63) is 47.3 Å². The predicted molar refractivity (Wildman–Crippen MR) is 118 cm³/mol. The van der Waals surface area contributed by atoms with Crippen LogP contribution in [-0.2, 0) is 22.5 Å². The van der Waals surface area contributed by atoms with Gasteiger partial charge in [0.2, 0.25) is 5.88 Å². The zero-order chi connectivity index (χ0) is 24.7. The molecule has 0 unspecified atom stereocenters. The molecule has 0 bridgehead atoms. The summed E-state index contributed by atoms with van der Waals surface area (Å²) in [5, 5.41) is 2.80. The highest BCUT2D eigenvalue weighted by Gasteiger charge is 2.29. The molecule has 1 N–H and O–H groups in total. The average molecular weight is 480 g/mol. The number of alkyl halides is 3. The van der Waals surface area contributed by atoms with Crippen LogP contribution in [0.4, 0.5) is 19.0 Å². The SMILES string of the molecule is CC(C)C(=O)Cc1cc(C(=O)NCc2ccc(OCC(F)(F)F)nc2N2CCOCC2)ccn1. The molecular formula is C23H27F3N4O4. The Morgan fingerprint density at radius 1 is 1.21 bits per heavy atom. The van der Waals surface area contributed by atoms with Crippen LogP contribution in [0.15, 0.2) is 30.5 Å². The highest BCUT2D eigenvalue weighted by atomic mass is 19.4. The van der Waals surface area contributed by atoms with Gasteiger partial charge in [0.25, 0.3) is 5.91 Å². The van der Waals surface area contributed by atoms with Crippen molar-refractivity contribution in [1.29, 1.82) is 0 Å². The summed E-state index contributed by atoms with van der Waals surface area (Å²) in [7, 11) is 0. The third-order valence-corrected chi connectivity index (χ3v) is 5.14. The molecule has 0 radical (unpaired) electrons. The van der Waals surface area contributed by atoms with Gasteiger partial charge in [-0.1, -0.05) is 13.8 Å². The number of rotatable bonds is 9. The van der Waals surface area contributed by atoms with Crippen LogP contribution in [0.25, 0.3) is 0 Å². The smallest absolute Gasteiger partial charge is 0.422 e. The highest BCUT2D eigenvalue weighted by molar-refractivity contribution is 5.94. The highest BCUT2D eigenvalue weighted by Crippen LogP contribution is 2.24. The van der Waals surface area contributed by atoms with Crippen molar-refractivity contribution in [3.8, 4) is 5.88 Å². The molecule has 8 nitrogen and oxygen atoms in total. The maximum absolute atomic E-state index is 12.7. The van der Waals surface area contributed by atoms with Gasteiger partial charge in [0.05, 0.1) is 13.2 Å². The molecule has 2 aromatic heterocycles. The molecule has 0 spiro atoms. The molecule has 11 heteroatoms. The number of pyridine rings is 2. The summed E-state index contributed by atoms with van der Waals surface area (Å²) in [4.78, 5) is 35.0. The number of Topliss-reactive ketones (excluding diaryl/α,β-unsaturated/α-hetero) is 1. The number of morpholine rings is 1. The molecule has 1 saturated heterocycles. The maximum Gasteiger partial charge on any atom is 0.422 e. The fraction of sp³-hybridized carbons (Fsp3) is 0.478. The van der Waals surface area contributed by atoms with E-state index in [2.05, 4.69) is 15.3 Å². The van der Waals surface area contributed by atoms with Crippen LogP contribution in [0.5, 0.6) is 5.88 Å². The van der Waals surface area contributed by atoms with Crippen molar-refractivity contribution in [2.24, 2.45) is 5.92 Å². The van der Waals surface area contributed by atoms with E-state index in [0.717, 1.165) is 0 Å². The number of hydrogen-bond acceptors (Lipinski definition) is 7. The number of halogens is 3. The van der Waals surface area contributed by atoms with Crippen LogP contribution in [0, 0.1) is 5.92 Å². The van der Waals surface area contributed by atoms with Crippen LogP contribution in [-0.4, -0.2) is 60.7 Å². The quantitative estimate of drug-likeness (QED) is 0.590. The number of ether oxygens (including phenoxy) is 2. The van der Waals surface area contributed by atoms with Gasteiger partial charge in [0.1, 0.15) is 11.6 Å². The number of nitrogens with one attached hydrogen (secondary N) is 1. The number of amides is 1. The lowest BCUT2D eigenvalue weighted by Crippen LogP contribution is -2.38. The largest absolute Gasteiger partial charge is 0.468 e. The lowest BCUT2D eigenvalue weighted by Gasteiger charge is -2.29. The number of carbonyl (C=O) groups is 2. The first kappa shape index (κ1) is 25.4. The minimum absolute atomic E-state index is 0.0270. The normalized spacial score (nSPS) is 14.2. The van der Waals surface area contributed by atoms with Crippen LogP contribution in [0.2, 0.25) is 0 Å². The molecule has 3 heterocycles. The molecule has 0 saturated carbocycles. The van der Waals surface area contributed by atoms with Gasteiger partial charge >= 0.3 is 6.18 Å². The van der Waals surface area contributed by atoms with Gasteiger partial charge in [-0.15, -0.1) is 0 Å². The zero-order valence-corrected chi connectivity index (χ0v) is 19.0. The van der Waals surface area contributed by atoms with E-state index >= 15 is 0 Å². The van der Waals surface area contributed by atoms with E-state index in [9.17, 15) is 22.8 Å². The second-order valence-corrected chi connectivity index (χ2v) is 8.15. The molecule has 34 heavy (non-hydrogen) atoms. The van der Waals surface area contributed by atoms with Gasteiger partial charge in [0.15, 0.2) is 6.61 Å². The molecule has 3 rings (SSSR count). The summed E-state index contributed by atoms with van der Waals surface area (Å²) < 4.78 is 47.7. The minimum atomic E-state index is -4.48. The summed E-state index contributed by atoms with van der Waals surface area (Å²) in [6.07, 6.45) is -2.86. The van der Waals surface area contributed by atoms with Gasteiger partial charge in [-0.05, 0) is 18.2 Å². The van der Waals surface area contributed by atoms with Crippen molar-refractivity contribution in [1.82, 2.24) is 15.3 Å². The molecule has 1 aliphatic heterocycles. The molecule has 2 aromatic rings. The number of ketones is 1. The third kappa shape index (κ3) is 7.41. The lowest BCUT2D eigenvalue weighted by atomic mass is 10.0. The maximum atomic E-state index is 12.7. The van der Waals surface area contributed by atoms with E-state index < -0.39 is 12.8 Å². The fourth-order valence-electron chi connectivity index (χ4n) is 3.26. The Hall–Kier alpha value is -3.21. The van der Waals surface area contributed by atoms with Crippen molar-refractivity contribution >= 4 is 17.5 Å². The summed E-state index contributed by atoms with van der Waals surface area (Å²) in [5.41, 5.74) is 1.49. The van der Waals surface area contributed by atoms with Crippen molar-refractivity contribution in [2.45, 2.75) is 33.0 Å². The predicted octanol–water partition coefficient (Wildman–Crippen LogP) is 2.95.